The Kier molecular flexibility index (Phi) is 4.46. The maximum absolute atomic E-state index is 12.7. The summed E-state index contributed by atoms with van der Waals surface area (Å²) < 4.78 is 12.7. The van der Waals surface area contributed by atoms with Crippen molar-refractivity contribution in [2.24, 2.45) is 0 Å². The van der Waals surface area contributed by atoms with Crippen molar-refractivity contribution in [1.29, 1.82) is 0 Å². The minimum absolute atomic E-state index is 0.0681. The molecule has 0 aliphatic heterocycles. The van der Waals surface area contributed by atoms with Gasteiger partial charge in [-0.05, 0) is 19.1 Å². The molecule has 0 bridgehead atoms. The van der Waals surface area contributed by atoms with Crippen molar-refractivity contribution in [3.05, 3.63) is 29.3 Å². The lowest BCUT2D eigenvalue weighted by molar-refractivity contribution is -0.118. The van der Waals surface area contributed by atoms with Crippen LogP contribution in [0, 0.1) is 24.7 Å². The molecule has 1 heterocycles. The first-order valence-corrected chi connectivity index (χ1v) is 4.96. The second-order valence-electron chi connectivity index (χ2n) is 3.30. The Morgan fingerprint density at radius 3 is 2.94 bits per heavy atom. The van der Waals surface area contributed by atoms with E-state index >= 15 is 0 Å². The topological polar surface area (TPSA) is 42.0 Å². The third kappa shape index (κ3) is 4.09. The Bertz CT molecular complexity index is 446. The maximum atomic E-state index is 12.7. The molecule has 0 radical (unpaired) electrons. The Hall–Kier alpha value is -1.89. The van der Waals surface area contributed by atoms with Crippen LogP contribution in [-0.2, 0) is 4.79 Å². The smallest absolute Gasteiger partial charge is 0.216 e. The van der Waals surface area contributed by atoms with Crippen LogP contribution in [0.3, 0.4) is 0 Å². The fraction of sp³-hybridized carbons (Fsp3) is 0.333. The average molecular weight is 220 g/mol. The number of pyridine rings is 1. The second kappa shape index (κ2) is 5.86. The molecular weight excluding hydrogens is 207 g/mol. The van der Waals surface area contributed by atoms with E-state index in [0.717, 1.165) is 0 Å². The molecule has 1 aromatic rings. The molecule has 0 atom stereocenters. The van der Waals surface area contributed by atoms with Crippen molar-refractivity contribution < 1.29 is 9.18 Å². The minimum Gasteiger partial charge on any atom is -0.355 e. The van der Waals surface area contributed by atoms with Gasteiger partial charge in [-0.25, -0.2) is 4.98 Å². The standard InChI is InChI=1S/C12H13FN2O/c1-9-11(6-7-12(13)15-9)5-3-4-8-14-10(2)16/h6-7H,4,8H2,1-2H3,(H,14,16). The molecule has 1 N–H and O–H groups in total. The number of hydrogen-bond acceptors (Lipinski definition) is 2. The molecule has 4 heteroatoms. The van der Waals surface area contributed by atoms with E-state index in [-0.39, 0.29) is 5.91 Å². The molecule has 0 fully saturated rings. The van der Waals surface area contributed by atoms with E-state index in [1.165, 1.54) is 13.0 Å². The zero-order chi connectivity index (χ0) is 12.0. The van der Waals surface area contributed by atoms with Gasteiger partial charge in [0.25, 0.3) is 0 Å². The van der Waals surface area contributed by atoms with Gasteiger partial charge in [0.1, 0.15) is 0 Å². The van der Waals surface area contributed by atoms with Crippen LogP contribution in [0.4, 0.5) is 4.39 Å². The van der Waals surface area contributed by atoms with Gasteiger partial charge in [0, 0.05) is 25.5 Å². The quantitative estimate of drug-likeness (QED) is 0.465. The van der Waals surface area contributed by atoms with E-state index in [1.807, 2.05) is 0 Å². The number of carbonyl (C=O) groups excluding carboxylic acids is 1. The summed E-state index contributed by atoms with van der Waals surface area (Å²) in [6.07, 6.45) is 0.566. The Balaban J connectivity index is 2.53. The first-order valence-electron chi connectivity index (χ1n) is 4.96. The number of carbonyl (C=O) groups is 1. The van der Waals surface area contributed by atoms with E-state index in [1.54, 1.807) is 13.0 Å². The van der Waals surface area contributed by atoms with Gasteiger partial charge in [0.15, 0.2) is 0 Å². The predicted octanol–water partition coefficient (Wildman–Crippen LogP) is 1.41. The molecule has 0 saturated carbocycles. The summed E-state index contributed by atoms with van der Waals surface area (Å²) >= 11 is 0. The summed E-state index contributed by atoms with van der Waals surface area (Å²) in [5.41, 5.74) is 1.29. The highest BCUT2D eigenvalue weighted by molar-refractivity contribution is 5.72. The third-order valence-corrected chi connectivity index (χ3v) is 1.90. The van der Waals surface area contributed by atoms with Crippen LogP contribution in [0.5, 0.6) is 0 Å². The third-order valence-electron chi connectivity index (χ3n) is 1.90. The van der Waals surface area contributed by atoms with Gasteiger partial charge in [-0.2, -0.15) is 4.39 Å². The molecule has 84 valence electrons. The van der Waals surface area contributed by atoms with Gasteiger partial charge < -0.3 is 5.32 Å². The number of amides is 1. The fourth-order valence-corrected chi connectivity index (χ4v) is 1.12. The zero-order valence-corrected chi connectivity index (χ0v) is 9.30. The molecule has 3 nitrogen and oxygen atoms in total. The first kappa shape index (κ1) is 12.2. The highest BCUT2D eigenvalue weighted by Crippen LogP contribution is 2.03. The summed E-state index contributed by atoms with van der Waals surface area (Å²) in [7, 11) is 0. The predicted molar refractivity (Wildman–Crippen MR) is 59.1 cm³/mol. The lowest BCUT2D eigenvalue weighted by Gasteiger charge is -1.97. The van der Waals surface area contributed by atoms with Crippen LogP contribution in [0.25, 0.3) is 0 Å². The highest BCUT2D eigenvalue weighted by atomic mass is 19.1. The Morgan fingerprint density at radius 2 is 2.31 bits per heavy atom. The second-order valence-corrected chi connectivity index (χ2v) is 3.30. The molecule has 0 aliphatic rings. The zero-order valence-electron chi connectivity index (χ0n) is 9.30. The van der Waals surface area contributed by atoms with Crippen LogP contribution in [-0.4, -0.2) is 17.4 Å². The lowest BCUT2D eigenvalue weighted by atomic mass is 10.2. The molecule has 0 aromatic carbocycles. The van der Waals surface area contributed by atoms with Gasteiger partial charge in [-0.1, -0.05) is 11.8 Å². The fourth-order valence-electron chi connectivity index (χ4n) is 1.12. The number of nitrogens with one attached hydrogen (secondary N) is 1. The normalized spacial score (nSPS) is 9.19. The number of halogens is 1. The van der Waals surface area contributed by atoms with Gasteiger partial charge in [-0.15, -0.1) is 0 Å². The molecule has 0 unspecified atom stereocenters. The lowest BCUT2D eigenvalue weighted by Crippen LogP contribution is -2.20. The SMILES string of the molecule is CC(=O)NCCC#Cc1ccc(F)nc1C. The van der Waals surface area contributed by atoms with E-state index < -0.39 is 5.95 Å². The first-order chi connectivity index (χ1) is 7.59. The molecular formula is C12H13FN2O. The largest absolute Gasteiger partial charge is 0.355 e. The van der Waals surface area contributed by atoms with Gasteiger partial charge in [-0.3, -0.25) is 4.79 Å². The number of aryl methyl sites for hydroxylation is 1. The van der Waals surface area contributed by atoms with Gasteiger partial charge in [0.2, 0.25) is 11.9 Å². The summed E-state index contributed by atoms with van der Waals surface area (Å²) in [5, 5.41) is 2.64. The van der Waals surface area contributed by atoms with E-state index in [2.05, 4.69) is 22.1 Å². The van der Waals surface area contributed by atoms with Gasteiger partial charge in [0.05, 0.1) is 5.69 Å². The van der Waals surface area contributed by atoms with Crippen molar-refractivity contribution in [1.82, 2.24) is 10.3 Å². The van der Waals surface area contributed by atoms with Crippen molar-refractivity contribution in [2.75, 3.05) is 6.54 Å². The average Bonchev–Trinajstić information content (AvgIpc) is 2.20. The van der Waals surface area contributed by atoms with E-state index in [9.17, 15) is 9.18 Å². The molecule has 0 aliphatic carbocycles. The molecule has 16 heavy (non-hydrogen) atoms. The number of aromatic nitrogens is 1. The van der Waals surface area contributed by atoms with Crippen molar-refractivity contribution in [2.45, 2.75) is 20.3 Å². The number of nitrogens with zero attached hydrogens (tertiary/aromatic N) is 1. The Morgan fingerprint density at radius 1 is 1.56 bits per heavy atom. The summed E-state index contributed by atoms with van der Waals surface area (Å²) in [5.74, 6) is 5.21. The monoisotopic (exact) mass is 220 g/mol. The van der Waals surface area contributed by atoms with E-state index in [4.69, 9.17) is 0 Å². The van der Waals surface area contributed by atoms with Crippen LogP contribution in [0.15, 0.2) is 12.1 Å². The van der Waals surface area contributed by atoms with Crippen LogP contribution >= 0.6 is 0 Å². The van der Waals surface area contributed by atoms with Crippen LogP contribution < -0.4 is 5.32 Å². The number of rotatable bonds is 2. The number of hydrogen-bond donors (Lipinski definition) is 1. The molecule has 0 saturated heterocycles. The van der Waals surface area contributed by atoms with Crippen LogP contribution in [0.2, 0.25) is 0 Å². The van der Waals surface area contributed by atoms with Crippen LogP contribution in [0.1, 0.15) is 24.6 Å². The van der Waals surface area contributed by atoms with Gasteiger partial charge >= 0.3 is 0 Å². The molecule has 0 spiro atoms. The maximum Gasteiger partial charge on any atom is 0.216 e. The van der Waals surface area contributed by atoms with Crippen molar-refractivity contribution in [3.8, 4) is 11.8 Å². The Labute approximate surface area is 94.1 Å². The molecule has 1 rings (SSSR count). The summed E-state index contributed by atoms with van der Waals surface area (Å²) in [4.78, 5) is 14.2. The molecule has 1 amide bonds. The van der Waals surface area contributed by atoms with Crippen molar-refractivity contribution >= 4 is 5.91 Å². The van der Waals surface area contributed by atoms with Crippen molar-refractivity contribution in [3.63, 3.8) is 0 Å². The highest BCUT2D eigenvalue weighted by Gasteiger charge is 1.97. The minimum atomic E-state index is -0.499. The molecule has 1 aromatic heterocycles. The van der Waals surface area contributed by atoms with E-state index in [0.29, 0.717) is 24.2 Å². The summed E-state index contributed by atoms with van der Waals surface area (Å²) in [6.45, 7) is 3.69. The summed E-state index contributed by atoms with van der Waals surface area (Å²) in [6, 6.07) is 2.88.